The number of benzene rings is 1. The van der Waals surface area contributed by atoms with Gasteiger partial charge < -0.3 is 10.2 Å². The summed E-state index contributed by atoms with van der Waals surface area (Å²) in [7, 11) is 4.23. The van der Waals surface area contributed by atoms with Crippen LogP contribution in [0.25, 0.3) is 32.5 Å². The summed E-state index contributed by atoms with van der Waals surface area (Å²) in [6.07, 6.45) is 5.22. The number of thiophene rings is 1. The van der Waals surface area contributed by atoms with Gasteiger partial charge in [0.15, 0.2) is 5.65 Å². The minimum absolute atomic E-state index is 0.0599. The van der Waals surface area contributed by atoms with Crippen molar-refractivity contribution in [2.45, 2.75) is 24.3 Å². The highest BCUT2D eigenvalue weighted by molar-refractivity contribution is 7.13. The van der Waals surface area contributed by atoms with Crippen LogP contribution in [0.3, 0.4) is 0 Å². The molecule has 2 N–H and O–H groups in total. The van der Waals surface area contributed by atoms with Gasteiger partial charge in [-0.25, -0.2) is 15.0 Å². The molecule has 5 aromatic rings. The van der Waals surface area contributed by atoms with E-state index in [4.69, 9.17) is 16.6 Å². The molecule has 0 radical (unpaired) electrons. The van der Waals surface area contributed by atoms with Crippen LogP contribution >= 0.6 is 22.9 Å². The highest BCUT2D eigenvalue weighted by atomic mass is 35.5. The van der Waals surface area contributed by atoms with Gasteiger partial charge in [-0.2, -0.15) is 5.10 Å². The first-order valence-electron chi connectivity index (χ1n) is 11.2. The summed E-state index contributed by atoms with van der Waals surface area (Å²) >= 11 is 8.60. The second-order valence-corrected chi connectivity index (χ2v) is 10.7. The SMILES string of the molecule is CN(C)CC1(c2cc3nc(-c4cccs4)ccc3cc2Cl)CC(Nc2ncnc3[nH]ncc23)C1. The Morgan fingerprint density at radius 3 is 2.88 bits per heavy atom. The van der Waals surface area contributed by atoms with Crippen molar-refractivity contribution in [2.24, 2.45) is 0 Å². The Morgan fingerprint density at radius 1 is 1.21 bits per heavy atom. The van der Waals surface area contributed by atoms with E-state index in [2.05, 4.69) is 86.3 Å². The lowest BCUT2D eigenvalue weighted by molar-refractivity contribution is 0.161. The molecule has 1 saturated carbocycles. The normalized spacial score (nSPS) is 20.2. The largest absolute Gasteiger partial charge is 0.367 e. The van der Waals surface area contributed by atoms with Crippen molar-refractivity contribution in [1.29, 1.82) is 0 Å². The summed E-state index contributed by atoms with van der Waals surface area (Å²) in [5.41, 5.74) is 3.83. The van der Waals surface area contributed by atoms with Crippen molar-refractivity contribution >= 4 is 50.7 Å². The van der Waals surface area contributed by atoms with Crippen LogP contribution < -0.4 is 5.32 Å². The van der Waals surface area contributed by atoms with Crippen LogP contribution in [-0.4, -0.2) is 56.7 Å². The average Bonchev–Trinajstić information content (AvgIpc) is 3.49. The van der Waals surface area contributed by atoms with E-state index >= 15 is 0 Å². The number of likely N-dealkylation sites (N-methyl/N-ethyl adjacent to an activating group) is 1. The van der Waals surface area contributed by atoms with Gasteiger partial charge in [0, 0.05) is 28.4 Å². The molecule has 1 fully saturated rings. The number of halogens is 1. The summed E-state index contributed by atoms with van der Waals surface area (Å²) < 4.78 is 0. The predicted octanol–water partition coefficient (Wildman–Crippen LogP) is 5.36. The van der Waals surface area contributed by atoms with Gasteiger partial charge >= 0.3 is 0 Å². The van der Waals surface area contributed by atoms with Crippen LogP contribution in [0.5, 0.6) is 0 Å². The van der Waals surface area contributed by atoms with Gasteiger partial charge in [0.25, 0.3) is 0 Å². The van der Waals surface area contributed by atoms with Crippen LogP contribution in [0, 0.1) is 0 Å². The molecule has 0 unspecified atom stereocenters. The summed E-state index contributed by atoms with van der Waals surface area (Å²) in [6.45, 7) is 0.909. The Kier molecular flexibility index (Phi) is 5.24. The van der Waals surface area contributed by atoms with Crippen molar-refractivity contribution in [3.8, 4) is 10.6 Å². The molecule has 0 saturated heterocycles. The highest BCUT2D eigenvalue weighted by Gasteiger charge is 2.47. The Morgan fingerprint density at radius 2 is 2.09 bits per heavy atom. The Bertz CT molecular complexity index is 1470. The number of aromatic amines is 1. The first-order chi connectivity index (χ1) is 16.5. The van der Waals surface area contributed by atoms with Crippen LogP contribution in [0.4, 0.5) is 5.82 Å². The second kappa shape index (κ2) is 8.30. The van der Waals surface area contributed by atoms with Crippen LogP contribution in [-0.2, 0) is 5.41 Å². The fourth-order valence-electron chi connectivity index (χ4n) is 5.21. The Hall–Kier alpha value is -3.07. The number of pyridine rings is 1. The quantitative estimate of drug-likeness (QED) is 0.334. The van der Waals surface area contributed by atoms with Crippen LogP contribution in [0.15, 0.2) is 54.3 Å². The van der Waals surface area contributed by atoms with Crippen molar-refractivity contribution in [3.63, 3.8) is 0 Å². The average molecular weight is 490 g/mol. The lowest BCUT2D eigenvalue weighted by Crippen LogP contribution is -2.53. The molecule has 34 heavy (non-hydrogen) atoms. The zero-order chi connectivity index (χ0) is 23.3. The first-order valence-corrected chi connectivity index (χ1v) is 12.5. The van der Waals surface area contributed by atoms with Gasteiger partial charge in [-0.3, -0.25) is 5.10 Å². The molecule has 0 bridgehead atoms. The molecule has 172 valence electrons. The number of rotatable bonds is 6. The van der Waals surface area contributed by atoms with Gasteiger partial charge in [0.05, 0.1) is 27.7 Å². The van der Waals surface area contributed by atoms with Crippen molar-refractivity contribution < 1.29 is 0 Å². The van der Waals surface area contributed by atoms with Gasteiger partial charge in [-0.1, -0.05) is 23.7 Å². The number of aromatic nitrogens is 5. The molecular formula is C25H24ClN7S. The van der Waals surface area contributed by atoms with Crippen molar-refractivity contribution in [2.75, 3.05) is 26.0 Å². The highest BCUT2D eigenvalue weighted by Crippen LogP contribution is 2.48. The topological polar surface area (TPSA) is 82.6 Å². The number of hydrogen-bond acceptors (Lipinski definition) is 7. The second-order valence-electron chi connectivity index (χ2n) is 9.32. The van der Waals surface area contributed by atoms with Crippen molar-refractivity contribution in [3.05, 3.63) is 64.9 Å². The molecule has 7 nitrogen and oxygen atoms in total. The summed E-state index contributed by atoms with van der Waals surface area (Å²) in [5, 5.41) is 15.5. The molecule has 1 aliphatic rings. The Labute approximate surface area is 206 Å². The Balaban J connectivity index is 1.33. The molecule has 4 aromatic heterocycles. The maximum atomic E-state index is 6.90. The van der Waals surface area contributed by atoms with E-state index in [9.17, 15) is 0 Å². The molecule has 4 heterocycles. The third kappa shape index (κ3) is 3.72. The number of anilines is 1. The fraction of sp³-hybridized carbons (Fsp3) is 0.280. The number of hydrogen-bond donors (Lipinski definition) is 2. The van der Waals surface area contributed by atoms with E-state index in [0.29, 0.717) is 0 Å². The minimum Gasteiger partial charge on any atom is -0.367 e. The molecule has 1 aromatic carbocycles. The molecule has 0 aliphatic heterocycles. The monoisotopic (exact) mass is 489 g/mol. The van der Waals surface area contributed by atoms with Crippen molar-refractivity contribution in [1.82, 2.24) is 30.0 Å². The van der Waals surface area contributed by atoms with E-state index in [-0.39, 0.29) is 11.5 Å². The standard InChI is InChI=1S/C25H24ClN7S/c1-33(2)13-25(10-16(11-25)30-23-17-12-29-32-24(17)28-14-27-23)18-9-21-15(8-19(18)26)5-6-20(31-21)22-4-3-7-34-22/h3-9,12,14,16H,10-11,13H2,1-2H3,(H2,27,28,29,30,32). The summed E-state index contributed by atoms with van der Waals surface area (Å²) in [6, 6.07) is 12.9. The van der Waals surface area contributed by atoms with Crippen LogP contribution in [0.2, 0.25) is 5.02 Å². The third-order valence-electron chi connectivity index (χ3n) is 6.61. The molecule has 1 aliphatic carbocycles. The zero-order valence-corrected chi connectivity index (χ0v) is 20.5. The van der Waals surface area contributed by atoms with Gasteiger partial charge in [0.1, 0.15) is 12.1 Å². The first kappa shape index (κ1) is 21.5. The number of H-pyrrole nitrogens is 1. The zero-order valence-electron chi connectivity index (χ0n) is 18.9. The molecule has 0 amide bonds. The number of nitrogens with zero attached hydrogens (tertiary/aromatic N) is 5. The number of nitrogens with one attached hydrogen (secondary N) is 2. The van der Waals surface area contributed by atoms with E-state index in [1.165, 1.54) is 10.4 Å². The van der Waals surface area contributed by atoms with E-state index in [1.807, 2.05) is 0 Å². The molecule has 0 atom stereocenters. The predicted molar refractivity (Wildman–Crippen MR) is 139 cm³/mol. The summed E-state index contributed by atoms with van der Waals surface area (Å²) in [5.74, 6) is 0.814. The number of fused-ring (bicyclic) bond motifs is 2. The molecule has 0 spiro atoms. The lowest BCUT2D eigenvalue weighted by atomic mass is 9.61. The van der Waals surface area contributed by atoms with Crippen LogP contribution in [0.1, 0.15) is 18.4 Å². The molecular weight excluding hydrogens is 466 g/mol. The molecule has 6 rings (SSSR count). The third-order valence-corrected chi connectivity index (χ3v) is 7.81. The smallest absolute Gasteiger partial charge is 0.160 e. The maximum absolute atomic E-state index is 6.90. The van der Waals surface area contributed by atoms with Gasteiger partial charge in [-0.15, -0.1) is 11.3 Å². The fourth-order valence-corrected chi connectivity index (χ4v) is 6.28. The maximum Gasteiger partial charge on any atom is 0.160 e. The van der Waals surface area contributed by atoms with E-state index < -0.39 is 0 Å². The van der Waals surface area contributed by atoms with Gasteiger partial charge in [0.2, 0.25) is 0 Å². The lowest BCUT2D eigenvalue weighted by Gasteiger charge is -2.50. The van der Waals surface area contributed by atoms with E-state index in [0.717, 1.165) is 57.9 Å². The van der Waals surface area contributed by atoms with Gasteiger partial charge in [-0.05, 0) is 62.1 Å². The molecule has 9 heteroatoms. The van der Waals surface area contributed by atoms with E-state index in [1.54, 1.807) is 23.9 Å². The summed E-state index contributed by atoms with van der Waals surface area (Å²) in [4.78, 5) is 17.1. The minimum atomic E-state index is -0.0599.